The third kappa shape index (κ3) is 3.66. The van der Waals surface area contributed by atoms with Crippen LogP contribution in [0.1, 0.15) is 68.7 Å². The van der Waals surface area contributed by atoms with Crippen LogP contribution in [0, 0.1) is 11.7 Å². The van der Waals surface area contributed by atoms with Gasteiger partial charge >= 0.3 is 0 Å². The van der Waals surface area contributed by atoms with Crippen LogP contribution < -0.4 is 0 Å². The molecule has 3 rings (SSSR count). The number of rotatable bonds is 5. The topological polar surface area (TPSA) is 36.0 Å². The molecule has 1 aliphatic carbocycles. The molecule has 3 heteroatoms. The Bertz CT molecular complexity index is 636. The lowest BCUT2D eigenvalue weighted by atomic mass is 9.84. The SMILES string of the molecule is CC(C)(O)c1ccc(C(CC2CCCC2)c2ccc[nH]2)cc1F. The molecule has 2 N–H and O–H groups in total. The van der Waals surface area contributed by atoms with Gasteiger partial charge in [-0.25, -0.2) is 4.39 Å². The van der Waals surface area contributed by atoms with Crippen molar-refractivity contribution in [1.82, 2.24) is 4.98 Å². The van der Waals surface area contributed by atoms with Gasteiger partial charge in [0.15, 0.2) is 0 Å². The molecule has 1 saturated carbocycles. The zero-order valence-electron chi connectivity index (χ0n) is 14.0. The van der Waals surface area contributed by atoms with E-state index in [-0.39, 0.29) is 11.7 Å². The minimum absolute atomic E-state index is 0.193. The quantitative estimate of drug-likeness (QED) is 0.792. The summed E-state index contributed by atoms with van der Waals surface area (Å²) in [5, 5.41) is 10.1. The number of benzene rings is 1. The summed E-state index contributed by atoms with van der Waals surface area (Å²) >= 11 is 0. The fourth-order valence-corrected chi connectivity index (χ4v) is 3.83. The average molecular weight is 315 g/mol. The van der Waals surface area contributed by atoms with Gasteiger partial charge in [0.05, 0.1) is 5.60 Å². The summed E-state index contributed by atoms with van der Waals surface area (Å²) in [6.07, 6.45) is 8.17. The van der Waals surface area contributed by atoms with E-state index in [0.29, 0.717) is 5.56 Å². The molecule has 23 heavy (non-hydrogen) atoms. The van der Waals surface area contributed by atoms with Gasteiger partial charge in [-0.2, -0.15) is 0 Å². The van der Waals surface area contributed by atoms with E-state index < -0.39 is 5.60 Å². The van der Waals surface area contributed by atoms with Crippen molar-refractivity contribution in [3.8, 4) is 0 Å². The number of hydrogen-bond donors (Lipinski definition) is 2. The van der Waals surface area contributed by atoms with E-state index in [9.17, 15) is 9.50 Å². The van der Waals surface area contributed by atoms with E-state index in [4.69, 9.17) is 0 Å². The molecule has 124 valence electrons. The molecule has 1 aromatic heterocycles. The van der Waals surface area contributed by atoms with E-state index in [0.717, 1.165) is 23.6 Å². The molecule has 1 aromatic carbocycles. The van der Waals surface area contributed by atoms with Crippen LogP contribution in [0.15, 0.2) is 36.5 Å². The summed E-state index contributed by atoms with van der Waals surface area (Å²) in [6, 6.07) is 9.39. The van der Waals surface area contributed by atoms with Crippen molar-refractivity contribution in [3.63, 3.8) is 0 Å². The summed E-state index contributed by atoms with van der Waals surface area (Å²) < 4.78 is 14.5. The molecular formula is C20H26FNO. The summed E-state index contributed by atoms with van der Waals surface area (Å²) in [5.41, 5.74) is 1.33. The van der Waals surface area contributed by atoms with E-state index in [2.05, 4.69) is 11.1 Å². The fraction of sp³-hybridized carbons (Fsp3) is 0.500. The first kappa shape index (κ1) is 16.3. The molecule has 1 heterocycles. The molecule has 1 atom stereocenters. The van der Waals surface area contributed by atoms with Crippen LogP contribution >= 0.6 is 0 Å². The molecule has 1 fully saturated rings. The number of aromatic amines is 1. The van der Waals surface area contributed by atoms with Crippen LogP contribution in [0.25, 0.3) is 0 Å². The Morgan fingerprint density at radius 2 is 2.00 bits per heavy atom. The molecule has 2 aromatic rings. The first-order chi connectivity index (χ1) is 10.9. The average Bonchev–Trinajstić information content (AvgIpc) is 3.16. The summed E-state index contributed by atoms with van der Waals surface area (Å²) in [7, 11) is 0. The van der Waals surface area contributed by atoms with E-state index in [1.54, 1.807) is 26.0 Å². The van der Waals surface area contributed by atoms with Gasteiger partial charge in [-0.1, -0.05) is 37.8 Å². The highest BCUT2D eigenvalue weighted by Crippen LogP contribution is 2.38. The number of H-pyrrole nitrogens is 1. The lowest BCUT2D eigenvalue weighted by Crippen LogP contribution is -2.18. The normalized spacial score (nSPS) is 17.6. The minimum Gasteiger partial charge on any atom is -0.386 e. The first-order valence-electron chi connectivity index (χ1n) is 8.60. The predicted molar refractivity (Wildman–Crippen MR) is 90.9 cm³/mol. The van der Waals surface area contributed by atoms with Crippen molar-refractivity contribution in [3.05, 3.63) is 59.2 Å². The monoisotopic (exact) mass is 315 g/mol. The van der Waals surface area contributed by atoms with E-state index in [1.807, 2.05) is 18.3 Å². The lowest BCUT2D eigenvalue weighted by Gasteiger charge is -2.23. The standard InChI is InChI=1S/C20H26FNO/c1-20(2,23)17-10-9-15(13-18(17)21)16(19-8-5-11-22-19)12-14-6-3-4-7-14/h5,8-11,13-14,16,22-23H,3-4,6-7,12H2,1-2H3. The van der Waals surface area contributed by atoms with Gasteiger partial charge in [0.1, 0.15) is 5.82 Å². The van der Waals surface area contributed by atoms with Gasteiger partial charge in [-0.15, -0.1) is 0 Å². The van der Waals surface area contributed by atoms with Crippen LogP contribution in [0.5, 0.6) is 0 Å². The van der Waals surface area contributed by atoms with Gasteiger partial charge in [-0.05, 0) is 49.9 Å². The largest absolute Gasteiger partial charge is 0.386 e. The third-order valence-electron chi connectivity index (χ3n) is 5.10. The first-order valence-corrected chi connectivity index (χ1v) is 8.60. The van der Waals surface area contributed by atoms with Gasteiger partial charge in [0.2, 0.25) is 0 Å². The van der Waals surface area contributed by atoms with Crippen molar-refractivity contribution >= 4 is 0 Å². The van der Waals surface area contributed by atoms with Crippen molar-refractivity contribution in [1.29, 1.82) is 0 Å². The van der Waals surface area contributed by atoms with Gasteiger partial charge in [0.25, 0.3) is 0 Å². The fourth-order valence-electron chi connectivity index (χ4n) is 3.83. The van der Waals surface area contributed by atoms with E-state index >= 15 is 0 Å². The molecule has 0 radical (unpaired) electrons. The highest BCUT2D eigenvalue weighted by molar-refractivity contribution is 5.34. The van der Waals surface area contributed by atoms with E-state index in [1.165, 1.54) is 25.7 Å². The van der Waals surface area contributed by atoms with Crippen molar-refractivity contribution in [2.45, 2.75) is 57.5 Å². The maximum absolute atomic E-state index is 14.5. The number of hydrogen-bond acceptors (Lipinski definition) is 1. The second kappa shape index (κ2) is 6.48. The highest BCUT2D eigenvalue weighted by atomic mass is 19.1. The molecule has 1 unspecified atom stereocenters. The molecule has 0 spiro atoms. The maximum Gasteiger partial charge on any atom is 0.129 e. The number of nitrogens with one attached hydrogen (secondary N) is 1. The Morgan fingerprint density at radius 1 is 1.26 bits per heavy atom. The lowest BCUT2D eigenvalue weighted by molar-refractivity contribution is 0.0745. The molecule has 1 aliphatic rings. The van der Waals surface area contributed by atoms with Crippen LogP contribution in [0.4, 0.5) is 4.39 Å². The molecule has 0 bridgehead atoms. The highest BCUT2D eigenvalue weighted by Gasteiger charge is 2.26. The molecule has 0 saturated heterocycles. The summed E-state index contributed by atoms with van der Waals surface area (Å²) in [6.45, 7) is 3.23. The summed E-state index contributed by atoms with van der Waals surface area (Å²) in [4.78, 5) is 3.30. The van der Waals surface area contributed by atoms with Gasteiger partial charge in [-0.3, -0.25) is 0 Å². The Hall–Kier alpha value is -1.61. The molecule has 2 nitrogen and oxygen atoms in total. The Balaban J connectivity index is 1.91. The van der Waals surface area contributed by atoms with Crippen LogP contribution in [0.2, 0.25) is 0 Å². The van der Waals surface area contributed by atoms with Crippen molar-refractivity contribution < 1.29 is 9.50 Å². The van der Waals surface area contributed by atoms with Crippen LogP contribution in [-0.4, -0.2) is 10.1 Å². The van der Waals surface area contributed by atoms with Crippen LogP contribution in [-0.2, 0) is 5.60 Å². The molecular weight excluding hydrogens is 289 g/mol. The summed E-state index contributed by atoms with van der Waals surface area (Å²) in [5.74, 6) is 0.594. The maximum atomic E-state index is 14.5. The van der Waals surface area contributed by atoms with Crippen molar-refractivity contribution in [2.75, 3.05) is 0 Å². The zero-order chi connectivity index (χ0) is 16.4. The Kier molecular flexibility index (Phi) is 4.58. The minimum atomic E-state index is -1.16. The number of aliphatic hydroxyl groups is 1. The number of aromatic nitrogens is 1. The molecule has 0 aliphatic heterocycles. The second-order valence-electron chi connectivity index (χ2n) is 7.36. The smallest absolute Gasteiger partial charge is 0.129 e. The van der Waals surface area contributed by atoms with Gasteiger partial charge in [0, 0.05) is 23.4 Å². The van der Waals surface area contributed by atoms with Crippen molar-refractivity contribution in [2.24, 2.45) is 5.92 Å². The second-order valence-corrected chi connectivity index (χ2v) is 7.36. The van der Waals surface area contributed by atoms with Gasteiger partial charge < -0.3 is 10.1 Å². The predicted octanol–water partition coefficient (Wildman–Crippen LogP) is 5.09. The Morgan fingerprint density at radius 3 is 2.57 bits per heavy atom. The third-order valence-corrected chi connectivity index (χ3v) is 5.10. The Labute approximate surface area is 137 Å². The zero-order valence-corrected chi connectivity index (χ0v) is 14.0. The van der Waals surface area contributed by atoms with Crippen LogP contribution in [0.3, 0.4) is 0 Å². The molecule has 0 amide bonds. The number of halogens is 1.